The molecular weight excluding hydrogens is 503 g/mol. The van der Waals surface area contributed by atoms with Gasteiger partial charge in [0, 0.05) is 63.7 Å². The molecule has 39 heavy (non-hydrogen) atoms. The zero-order chi connectivity index (χ0) is 28.0. The number of hydrogen-bond acceptors (Lipinski definition) is 9. The molecule has 2 amide bonds. The molecule has 0 spiro atoms. The Morgan fingerprint density at radius 1 is 1.23 bits per heavy atom. The van der Waals surface area contributed by atoms with Gasteiger partial charge in [0.05, 0.1) is 31.5 Å². The molecule has 0 bridgehead atoms. The number of aromatic nitrogens is 3. The number of nitrogens with one attached hydrogen (secondary N) is 2. The van der Waals surface area contributed by atoms with Gasteiger partial charge in [0.15, 0.2) is 0 Å². The number of pyridine rings is 1. The summed E-state index contributed by atoms with van der Waals surface area (Å²) in [5.41, 5.74) is 1.17. The molecule has 1 saturated heterocycles. The minimum absolute atomic E-state index is 0.0103. The van der Waals surface area contributed by atoms with Crippen LogP contribution in [0.5, 0.6) is 0 Å². The summed E-state index contributed by atoms with van der Waals surface area (Å²) >= 11 is 0. The molecule has 3 heterocycles. The molecule has 3 rings (SSSR count). The van der Waals surface area contributed by atoms with Gasteiger partial charge in [-0.25, -0.2) is 9.97 Å². The fourth-order valence-corrected chi connectivity index (χ4v) is 3.55. The van der Waals surface area contributed by atoms with Gasteiger partial charge in [0.1, 0.15) is 5.82 Å². The average Bonchev–Trinajstić information content (AvgIpc) is 2.91. The molecule has 0 aliphatic carbocycles. The number of morpholine rings is 1. The number of rotatable bonds is 11. The molecule has 208 valence electrons. The number of likely N-dealkylation sites (N-methyl/N-ethyl adjacent to an activating group) is 2. The summed E-state index contributed by atoms with van der Waals surface area (Å²) in [6, 6.07) is 2.90. The fourth-order valence-electron chi connectivity index (χ4n) is 3.55. The van der Waals surface area contributed by atoms with Crippen LogP contribution in [-0.2, 0) is 14.3 Å². The molecule has 1 aliphatic heterocycles. The minimum atomic E-state index is -0.597. The molecule has 11 nitrogen and oxygen atoms in total. The van der Waals surface area contributed by atoms with E-state index in [1.54, 1.807) is 25.4 Å². The fraction of sp³-hybridized carbons (Fsp3) is 0.444. The lowest BCUT2D eigenvalue weighted by Crippen LogP contribution is -2.38. The molecular formula is C27H35FN8O3. The van der Waals surface area contributed by atoms with E-state index in [1.165, 1.54) is 23.2 Å². The third kappa shape index (κ3) is 10.3. The summed E-state index contributed by atoms with van der Waals surface area (Å²) in [5.74, 6) is 6.24. The first-order valence-corrected chi connectivity index (χ1v) is 12.7. The Kier molecular flexibility index (Phi) is 11.6. The number of nitrogens with zero attached hydrogens (tertiary/aromatic N) is 6. The van der Waals surface area contributed by atoms with Gasteiger partial charge >= 0.3 is 0 Å². The van der Waals surface area contributed by atoms with Gasteiger partial charge in [-0.05, 0) is 26.6 Å². The van der Waals surface area contributed by atoms with E-state index < -0.39 is 5.95 Å². The Labute approximate surface area is 228 Å². The summed E-state index contributed by atoms with van der Waals surface area (Å²) in [4.78, 5) is 42.1. The first-order valence-electron chi connectivity index (χ1n) is 12.7. The molecule has 12 heteroatoms. The third-order valence-electron chi connectivity index (χ3n) is 5.57. The maximum atomic E-state index is 13.5. The van der Waals surface area contributed by atoms with Crippen molar-refractivity contribution in [3.63, 3.8) is 0 Å². The van der Waals surface area contributed by atoms with E-state index in [4.69, 9.17) is 4.74 Å². The molecule has 1 fully saturated rings. The molecule has 2 N–H and O–H groups in total. The maximum absolute atomic E-state index is 13.5. The SMILES string of the molecule is CN(C)C/C=C/C(=O)N(C)CC(=O)NCCCC#Cc1cnc(Nc2ccnc(F)c2)nc1N1CCOCC1. The van der Waals surface area contributed by atoms with E-state index in [1.807, 2.05) is 19.0 Å². The molecule has 0 aromatic carbocycles. The quantitative estimate of drug-likeness (QED) is 0.190. The van der Waals surface area contributed by atoms with Gasteiger partial charge in [-0.15, -0.1) is 0 Å². The largest absolute Gasteiger partial charge is 0.378 e. The summed E-state index contributed by atoms with van der Waals surface area (Å²) in [7, 11) is 5.42. The lowest BCUT2D eigenvalue weighted by atomic mass is 10.2. The van der Waals surface area contributed by atoms with E-state index in [9.17, 15) is 14.0 Å². The first-order chi connectivity index (χ1) is 18.8. The predicted octanol–water partition coefficient (Wildman–Crippen LogP) is 1.42. The van der Waals surface area contributed by atoms with Crippen LogP contribution in [0.4, 0.5) is 21.8 Å². The minimum Gasteiger partial charge on any atom is -0.378 e. The summed E-state index contributed by atoms with van der Waals surface area (Å²) in [6.07, 6.45) is 7.45. The Morgan fingerprint density at radius 3 is 2.77 bits per heavy atom. The Hall–Kier alpha value is -4.08. The van der Waals surface area contributed by atoms with Gasteiger partial charge in [-0.1, -0.05) is 17.9 Å². The second-order valence-corrected chi connectivity index (χ2v) is 9.14. The highest BCUT2D eigenvalue weighted by Crippen LogP contribution is 2.21. The molecule has 2 aromatic rings. The van der Waals surface area contributed by atoms with Crippen LogP contribution in [-0.4, -0.2) is 104 Å². The zero-order valence-corrected chi connectivity index (χ0v) is 22.6. The highest BCUT2D eigenvalue weighted by molar-refractivity contribution is 5.91. The Balaban J connectivity index is 1.52. The van der Waals surface area contributed by atoms with E-state index >= 15 is 0 Å². The zero-order valence-electron chi connectivity index (χ0n) is 22.6. The Bertz CT molecular complexity index is 1210. The van der Waals surface area contributed by atoms with Crippen LogP contribution in [0.2, 0.25) is 0 Å². The number of carbonyl (C=O) groups excluding carboxylic acids is 2. The van der Waals surface area contributed by atoms with E-state index in [0.29, 0.717) is 75.3 Å². The highest BCUT2D eigenvalue weighted by atomic mass is 19.1. The van der Waals surface area contributed by atoms with E-state index in [2.05, 4.69) is 42.3 Å². The molecule has 0 saturated carbocycles. The van der Waals surface area contributed by atoms with Gasteiger partial charge < -0.3 is 30.1 Å². The van der Waals surface area contributed by atoms with Crippen LogP contribution >= 0.6 is 0 Å². The normalized spacial score (nSPS) is 13.2. The van der Waals surface area contributed by atoms with Crippen LogP contribution in [0, 0.1) is 17.8 Å². The number of halogens is 1. The van der Waals surface area contributed by atoms with Crippen molar-refractivity contribution in [2.24, 2.45) is 0 Å². The summed E-state index contributed by atoms with van der Waals surface area (Å²) < 4.78 is 18.9. The van der Waals surface area contributed by atoms with Crippen molar-refractivity contribution in [3.8, 4) is 11.8 Å². The van der Waals surface area contributed by atoms with Crippen molar-refractivity contribution < 1.29 is 18.7 Å². The van der Waals surface area contributed by atoms with Gasteiger partial charge in [0.25, 0.3) is 0 Å². The lowest BCUT2D eigenvalue weighted by Gasteiger charge is -2.28. The van der Waals surface area contributed by atoms with Gasteiger partial charge in [0.2, 0.25) is 23.7 Å². The highest BCUT2D eigenvalue weighted by Gasteiger charge is 2.17. The van der Waals surface area contributed by atoms with Crippen LogP contribution in [0.15, 0.2) is 36.7 Å². The topological polar surface area (TPSA) is 116 Å². The molecule has 1 aliphatic rings. The van der Waals surface area contributed by atoms with Crippen molar-refractivity contribution >= 4 is 29.3 Å². The smallest absolute Gasteiger partial charge is 0.246 e. The predicted molar refractivity (Wildman–Crippen MR) is 147 cm³/mol. The van der Waals surface area contributed by atoms with Crippen LogP contribution < -0.4 is 15.5 Å². The van der Waals surface area contributed by atoms with Crippen LogP contribution in [0.1, 0.15) is 18.4 Å². The maximum Gasteiger partial charge on any atom is 0.246 e. The second kappa shape index (κ2) is 15.4. The number of unbranched alkanes of at least 4 members (excludes halogenated alkanes) is 1. The number of hydrogen-bond donors (Lipinski definition) is 2. The average molecular weight is 539 g/mol. The molecule has 2 aromatic heterocycles. The van der Waals surface area contributed by atoms with E-state index in [-0.39, 0.29) is 18.4 Å². The Morgan fingerprint density at radius 2 is 2.03 bits per heavy atom. The van der Waals surface area contributed by atoms with Crippen molar-refractivity contribution in [2.75, 3.05) is 77.3 Å². The number of ether oxygens (including phenoxy) is 1. The monoisotopic (exact) mass is 538 g/mol. The van der Waals surface area contributed by atoms with Crippen molar-refractivity contribution in [2.45, 2.75) is 12.8 Å². The lowest BCUT2D eigenvalue weighted by molar-refractivity contribution is -0.131. The summed E-state index contributed by atoms with van der Waals surface area (Å²) in [6.45, 7) is 3.60. The molecule has 0 atom stereocenters. The van der Waals surface area contributed by atoms with Crippen molar-refractivity contribution in [1.29, 1.82) is 0 Å². The van der Waals surface area contributed by atoms with Crippen LogP contribution in [0.3, 0.4) is 0 Å². The molecule has 0 unspecified atom stereocenters. The standard InChI is InChI=1S/C27H35FN8O3/c1-34(2)13-7-9-25(38)35(3)20-24(37)30-11-6-4-5-8-21-19-31-27(32-22-10-12-29-23(28)18-22)33-26(21)36-14-16-39-17-15-36/h7,9-10,12,18-19H,4,6,11,13-17,20H2,1-3H3,(H,30,37)(H,29,31,32,33)/b9-7+. The van der Waals surface area contributed by atoms with Crippen molar-refractivity contribution in [3.05, 3.63) is 48.2 Å². The number of amides is 2. The third-order valence-corrected chi connectivity index (χ3v) is 5.57. The van der Waals surface area contributed by atoms with Crippen LogP contribution in [0.25, 0.3) is 0 Å². The number of carbonyl (C=O) groups is 2. The van der Waals surface area contributed by atoms with Gasteiger partial charge in [-0.3, -0.25) is 9.59 Å². The van der Waals surface area contributed by atoms with E-state index in [0.717, 1.165) is 0 Å². The number of anilines is 3. The van der Waals surface area contributed by atoms with Crippen molar-refractivity contribution in [1.82, 2.24) is 30.1 Å². The van der Waals surface area contributed by atoms with Gasteiger partial charge in [-0.2, -0.15) is 9.37 Å². The first kappa shape index (κ1) is 29.5. The summed E-state index contributed by atoms with van der Waals surface area (Å²) in [5, 5.41) is 5.82. The second-order valence-electron chi connectivity index (χ2n) is 9.14. The molecule has 0 radical (unpaired) electrons.